The first-order valence-electron chi connectivity index (χ1n) is 8.89. The van der Waals surface area contributed by atoms with Crippen molar-refractivity contribution < 1.29 is 0 Å². The molecule has 1 aliphatic heterocycles. The summed E-state index contributed by atoms with van der Waals surface area (Å²) in [4.78, 5) is 3.68. The highest BCUT2D eigenvalue weighted by molar-refractivity contribution is 6.88. The summed E-state index contributed by atoms with van der Waals surface area (Å²) in [7, 11) is -1.25. The van der Waals surface area contributed by atoms with Crippen LogP contribution in [0.2, 0.25) is 19.6 Å². The number of fused-ring (bicyclic) bond motifs is 3. The molecule has 0 amide bonds. The highest BCUT2D eigenvalue weighted by atomic mass is 28.3. The third-order valence-corrected chi connectivity index (χ3v) is 7.27. The molecule has 1 aromatic heterocycles. The van der Waals surface area contributed by atoms with Crippen LogP contribution in [0, 0.1) is 0 Å². The van der Waals surface area contributed by atoms with Gasteiger partial charge in [-0.25, -0.2) is 0 Å². The summed E-state index contributed by atoms with van der Waals surface area (Å²) in [5, 5.41) is 6.69. The van der Waals surface area contributed by atoms with E-state index in [4.69, 9.17) is 0 Å². The maximum Gasteiger partial charge on any atom is 0.0775 e. The molecule has 0 aliphatic carbocycles. The number of hydrogen-bond acceptors (Lipinski definition) is 1. The number of rotatable bonds is 2. The van der Waals surface area contributed by atoms with Gasteiger partial charge in [0.15, 0.2) is 0 Å². The minimum atomic E-state index is -1.25. The lowest BCUT2D eigenvalue weighted by Crippen LogP contribution is -2.39. The van der Waals surface area contributed by atoms with E-state index in [1.165, 1.54) is 32.9 Å². The molecular weight excluding hydrogens is 308 g/mol. The van der Waals surface area contributed by atoms with Gasteiger partial charge in [-0.1, -0.05) is 67.3 Å². The van der Waals surface area contributed by atoms with E-state index in [9.17, 15) is 0 Å². The van der Waals surface area contributed by atoms with Gasteiger partial charge in [-0.15, -0.1) is 0 Å². The van der Waals surface area contributed by atoms with E-state index in [0.29, 0.717) is 6.04 Å². The Kier molecular flexibility index (Phi) is 3.66. The number of benzene rings is 2. The number of para-hydroxylation sites is 1. The molecule has 1 unspecified atom stereocenters. The maximum absolute atomic E-state index is 3.79. The van der Waals surface area contributed by atoms with Gasteiger partial charge in [0.25, 0.3) is 0 Å². The zero-order chi connectivity index (χ0) is 16.9. The van der Waals surface area contributed by atoms with Gasteiger partial charge in [0.1, 0.15) is 0 Å². The minimum Gasteiger partial charge on any atom is -0.357 e. The lowest BCUT2D eigenvalue weighted by Gasteiger charge is -2.30. The van der Waals surface area contributed by atoms with Crippen LogP contribution in [-0.4, -0.2) is 19.1 Å². The van der Waals surface area contributed by atoms with Crippen molar-refractivity contribution in [3.63, 3.8) is 0 Å². The van der Waals surface area contributed by atoms with Gasteiger partial charge in [-0.3, -0.25) is 0 Å². The van der Waals surface area contributed by atoms with Crippen molar-refractivity contribution in [2.24, 2.45) is 0 Å². The van der Waals surface area contributed by atoms with E-state index in [1.807, 2.05) is 0 Å². The molecule has 0 spiro atoms. The summed E-state index contributed by atoms with van der Waals surface area (Å²) in [6, 6.07) is 18.7. The summed E-state index contributed by atoms with van der Waals surface area (Å²) in [5.41, 5.74) is 5.43. The van der Waals surface area contributed by atoms with E-state index in [1.54, 1.807) is 0 Å². The van der Waals surface area contributed by atoms with Crippen LogP contribution < -0.4 is 10.5 Å². The summed E-state index contributed by atoms with van der Waals surface area (Å²) >= 11 is 0. The fourth-order valence-corrected chi connectivity index (χ4v) is 5.03. The van der Waals surface area contributed by atoms with Gasteiger partial charge < -0.3 is 10.3 Å². The highest BCUT2D eigenvalue weighted by Gasteiger charge is 2.28. The Balaban J connectivity index is 1.80. The van der Waals surface area contributed by atoms with Crippen LogP contribution in [0.25, 0.3) is 10.9 Å². The Labute approximate surface area is 145 Å². The number of hydrogen-bond donors (Lipinski definition) is 2. The largest absolute Gasteiger partial charge is 0.357 e. The third-order valence-electron chi connectivity index (χ3n) is 5.21. The molecule has 0 saturated heterocycles. The molecular formula is C21H26N2Si. The van der Waals surface area contributed by atoms with Crippen LogP contribution in [-0.2, 0) is 6.42 Å². The number of aromatic nitrogens is 1. The van der Waals surface area contributed by atoms with Crippen molar-refractivity contribution in [1.29, 1.82) is 0 Å². The predicted molar refractivity (Wildman–Crippen MR) is 106 cm³/mol. The fraction of sp³-hybridized carbons (Fsp3) is 0.333. The first kappa shape index (κ1) is 15.7. The SMILES string of the molecule is C[C@H]1Cc2c([nH]c3ccccc23)C(c2ccc([Si](C)(C)C)cc2)N1. The smallest absolute Gasteiger partial charge is 0.0775 e. The topological polar surface area (TPSA) is 27.8 Å². The van der Waals surface area contributed by atoms with Gasteiger partial charge in [-0.05, 0) is 30.5 Å². The Morgan fingerprint density at radius 1 is 0.958 bits per heavy atom. The molecule has 2 atom stereocenters. The zero-order valence-corrected chi connectivity index (χ0v) is 16.0. The van der Waals surface area contributed by atoms with Crippen molar-refractivity contribution in [3.05, 3.63) is 65.4 Å². The lowest BCUT2D eigenvalue weighted by atomic mass is 9.91. The molecule has 0 bridgehead atoms. The maximum atomic E-state index is 3.79. The fourth-order valence-electron chi connectivity index (χ4n) is 3.86. The zero-order valence-electron chi connectivity index (χ0n) is 15.0. The van der Waals surface area contributed by atoms with Crippen molar-refractivity contribution in [1.82, 2.24) is 10.3 Å². The Hall–Kier alpha value is -1.84. The van der Waals surface area contributed by atoms with Gasteiger partial charge >= 0.3 is 0 Å². The van der Waals surface area contributed by atoms with E-state index < -0.39 is 8.07 Å². The van der Waals surface area contributed by atoms with E-state index >= 15 is 0 Å². The third kappa shape index (κ3) is 2.62. The lowest BCUT2D eigenvalue weighted by molar-refractivity contribution is 0.460. The summed E-state index contributed by atoms with van der Waals surface area (Å²) in [6.45, 7) is 9.49. The van der Waals surface area contributed by atoms with Crippen LogP contribution in [0.1, 0.15) is 29.8 Å². The average Bonchev–Trinajstić information content (AvgIpc) is 2.92. The molecule has 1 aliphatic rings. The second kappa shape index (κ2) is 5.61. The first-order chi connectivity index (χ1) is 11.4. The van der Waals surface area contributed by atoms with E-state index in [-0.39, 0.29) is 6.04 Å². The summed E-state index contributed by atoms with van der Waals surface area (Å²) < 4.78 is 0. The standard InChI is InChI=1S/C21H26N2Si/c1-14-13-18-17-7-5-6-8-19(17)23-21(18)20(22-14)15-9-11-16(12-10-15)24(2,3)4/h5-12,14,20,22-23H,13H2,1-4H3/t14-,20?/m0/s1. The van der Waals surface area contributed by atoms with Gasteiger partial charge in [0.05, 0.1) is 14.1 Å². The molecule has 2 nitrogen and oxygen atoms in total. The molecule has 2 aromatic carbocycles. The van der Waals surface area contributed by atoms with Crippen LogP contribution in [0.15, 0.2) is 48.5 Å². The number of aromatic amines is 1. The molecule has 0 fully saturated rings. The normalized spacial score (nSPS) is 21.0. The number of H-pyrrole nitrogens is 1. The van der Waals surface area contributed by atoms with Crippen LogP contribution in [0.5, 0.6) is 0 Å². The van der Waals surface area contributed by atoms with Crippen LogP contribution >= 0.6 is 0 Å². The molecule has 2 heterocycles. The van der Waals surface area contributed by atoms with E-state index in [0.717, 1.165) is 6.42 Å². The minimum absolute atomic E-state index is 0.256. The molecule has 24 heavy (non-hydrogen) atoms. The predicted octanol–water partition coefficient (Wildman–Crippen LogP) is 4.34. The van der Waals surface area contributed by atoms with Crippen molar-refractivity contribution in [2.45, 2.75) is 45.1 Å². The van der Waals surface area contributed by atoms with Gasteiger partial charge in [-0.2, -0.15) is 0 Å². The Morgan fingerprint density at radius 3 is 2.38 bits per heavy atom. The second-order valence-electron chi connectivity index (χ2n) is 8.14. The van der Waals surface area contributed by atoms with E-state index in [2.05, 4.69) is 85.4 Å². The van der Waals surface area contributed by atoms with Crippen LogP contribution in [0.3, 0.4) is 0 Å². The Morgan fingerprint density at radius 2 is 1.67 bits per heavy atom. The molecule has 124 valence electrons. The monoisotopic (exact) mass is 334 g/mol. The van der Waals surface area contributed by atoms with Crippen molar-refractivity contribution >= 4 is 24.2 Å². The van der Waals surface area contributed by atoms with Crippen molar-refractivity contribution in [3.8, 4) is 0 Å². The molecule has 3 heteroatoms. The van der Waals surface area contributed by atoms with Gasteiger partial charge in [0, 0.05) is 22.6 Å². The first-order valence-corrected chi connectivity index (χ1v) is 12.4. The summed E-state index contributed by atoms with van der Waals surface area (Å²) in [6.07, 6.45) is 1.09. The van der Waals surface area contributed by atoms with Crippen molar-refractivity contribution in [2.75, 3.05) is 0 Å². The second-order valence-corrected chi connectivity index (χ2v) is 13.2. The Bertz CT molecular complexity index is 871. The molecule has 0 radical (unpaired) electrons. The average molecular weight is 335 g/mol. The molecule has 3 aromatic rings. The highest BCUT2D eigenvalue weighted by Crippen LogP contribution is 2.34. The van der Waals surface area contributed by atoms with Crippen LogP contribution in [0.4, 0.5) is 0 Å². The van der Waals surface area contributed by atoms with Gasteiger partial charge in [0.2, 0.25) is 0 Å². The molecule has 2 N–H and O–H groups in total. The molecule has 0 saturated carbocycles. The summed E-state index contributed by atoms with van der Waals surface area (Å²) in [5.74, 6) is 0. The quantitative estimate of drug-likeness (QED) is 0.671. The molecule has 4 rings (SSSR count). The number of nitrogens with one attached hydrogen (secondary N) is 2.